The van der Waals surface area contributed by atoms with Gasteiger partial charge in [-0.3, -0.25) is 4.79 Å². The number of rotatable bonds is 7. The lowest BCUT2D eigenvalue weighted by molar-refractivity contribution is -0.116. The van der Waals surface area contributed by atoms with Crippen molar-refractivity contribution in [3.63, 3.8) is 0 Å². The van der Waals surface area contributed by atoms with Crippen LogP contribution in [-0.2, 0) is 10.2 Å². The van der Waals surface area contributed by atoms with Gasteiger partial charge < -0.3 is 15.0 Å². The van der Waals surface area contributed by atoms with Crippen LogP contribution in [0.3, 0.4) is 0 Å². The van der Waals surface area contributed by atoms with Gasteiger partial charge in [0, 0.05) is 37.8 Å². The first-order chi connectivity index (χ1) is 12.5. The van der Waals surface area contributed by atoms with E-state index in [-0.39, 0.29) is 11.3 Å². The van der Waals surface area contributed by atoms with E-state index in [9.17, 15) is 4.79 Å². The lowest BCUT2D eigenvalue weighted by Gasteiger charge is -2.16. The van der Waals surface area contributed by atoms with E-state index >= 15 is 0 Å². The zero-order valence-corrected chi connectivity index (χ0v) is 15.7. The topological polar surface area (TPSA) is 41.6 Å². The molecule has 0 heterocycles. The van der Waals surface area contributed by atoms with Gasteiger partial charge in [0.2, 0.25) is 5.91 Å². The van der Waals surface area contributed by atoms with Crippen LogP contribution in [0, 0.1) is 0 Å². The zero-order valence-electron chi connectivity index (χ0n) is 15.7. The van der Waals surface area contributed by atoms with Crippen LogP contribution in [0.4, 0.5) is 5.69 Å². The maximum Gasteiger partial charge on any atom is 0.244 e. The van der Waals surface area contributed by atoms with E-state index in [2.05, 4.69) is 22.3 Å². The molecule has 1 amide bonds. The van der Waals surface area contributed by atoms with Crippen LogP contribution in [0.15, 0.2) is 54.6 Å². The van der Waals surface area contributed by atoms with Gasteiger partial charge in [-0.05, 0) is 54.3 Å². The number of amides is 1. The molecule has 0 radical (unpaired) electrons. The fourth-order valence-electron chi connectivity index (χ4n) is 3.03. The number of hydrogen-bond donors (Lipinski definition) is 1. The van der Waals surface area contributed by atoms with Crippen molar-refractivity contribution in [2.75, 3.05) is 32.6 Å². The minimum atomic E-state index is -0.0542. The standard InChI is InChI=1S/C22H26N2O2/c1-24(2)19-9-4-17(5-10-19)6-13-21(25)23-16-22(14-15-22)18-7-11-20(26-3)12-8-18/h4-13H,14-16H2,1-3H3,(H,23,25)/b13-6+. The van der Waals surface area contributed by atoms with Crippen molar-refractivity contribution in [3.8, 4) is 5.75 Å². The second-order valence-electron chi connectivity index (χ2n) is 7.05. The van der Waals surface area contributed by atoms with Crippen molar-refractivity contribution < 1.29 is 9.53 Å². The summed E-state index contributed by atoms with van der Waals surface area (Å²) in [6.45, 7) is 0.669. The molecule has 2 aromatic rings. The van der Waals surface area contributed by atoms with Crippen molar-refractivity contribution in [3.05, 3.63) is 65.7 Å². The molecule has 1 aliphatic carbocycles. The summed E-state index contributed by atoms with van der Waals surface area (Å²) in [4.78, 5) is 14.2. The molecular weight excluding hydrogens is 324 g/mol. The fraction of sp³-hybridized carbons (Fsp3) is 0.318. The normalized spacial score (nSPS) is 14.9. The molecule has 1 aliphatic rings. The molecule has 26 heavy (non-hydrogen) atoms. The third kappa shape index (κ3) is 4.26. The van der Waals surface area contributed by atoms with Crippen LogP contribution in [0.25, 0.3) is 6.08 Å². The quantitative estimate of drug-likeness (QED) is 0.776. The van der Waals surface area contributed by atoms with Gasteiger partial charge in [0.05, 0.1) is 7.11 Å². The van der Waals surface area contributed by atoms with Crippen molar-refractivity contribution in [1.82, 2.24) is 5.32 Å². The van der Waals surface area contributed by atoms with E-state index in [4.69, 9.17) is 4.74 Å². The second-order valence-corrected chi connectivity index (χ2v) is 7.05. The Kier molecular flexibility index (Phi) is 5.31. The molecule has 0 saturated heterocycles. The Morgan fingerprint density at radius 3 is 2.31 bits per heavy atom. The fourth-order valence-corrected chi connectivity index (χ4v) is 3.03. The van der Waals surface area contributed by atoms with Gasteiger partial charge >= 0.3 is 0 Å². The van der Waals surface area contributed by atoms with Gasteiger partial charge in [0.15, 0.2) is 0 Å². The van der Waals surface area contributed by atoms with E-state index in [1.807, 2.05) is 56.6 Å². The molecule has 0 aliphatic heterocycles. The van der Waals surface area contributed by atoms with Crippen molar-refractivity contribution in [2.24, 2.45) is 0 Å². The molecule has 3 rings (SSSR count). The summed E-state index contributed by atoms with van der Waals surface area (Å²) in [6.07, 6.45) is 5.67. The van der Waals surface area contributed by atoms with Crippen LogP contribution >= 0.6 is 0 Å². The number of ether oxygens (including phenoxy) is 1. The van der Waals surface area contributed by atoms with Crippen LogP contribution in [0.5, 0.6) is 5.75 Å². The Hall–Kier alpha value is -2.75. The van der Waals surface area contributed by atoms with Gasteiger partial charge in [0.25, 0.3) is 0 Å². The molecule has 1 fully saturated rings. The molecule has 136 valence electrons. The maximum absolute atomic E-state index is 12.2. The monoisotopic (exact) mass is 350 g/mol. The highest BCUT2D eigenvalue weighted by Gasteiger charge is 2.44. The van der Waals surface area contributed by atoms with Crippen molar-refractivity contribution >= 4 is 17.7 Å². The van der Waals surface area contributed by atoms with E-state index in [1.165, 1.54) is 5.56 Å². The Bertz CT molecular complexity index is 773. The smallest absolute Gasteiger partial charge is 0.244 e. The van der Waals surface area contributed by atoms with Gasteiger partial charge in [-0.1, -0.05) is 24.3 Å². The second kappa shape index (κ2) is 7.65. The Balaban J connectivity index is 1.54. The molecule has 0 spiro atoms. The molecule has 2 aromatic carbocycles. The Labute approximate surface area is 155 Å². The van der Waals surface area contributed by atoms with Gasteiger partial charge in [-0.2, -0.15) is 0 Å². The van der Waals surface area contributed by atoms with E-state index in [1.54, 1.807) is 13.2 Å². The third-order valence-corrected chi connectivity index (χ3v) is 4.99. The van der Waals surface area contributed by atoms with Crippen molar-refractivity contribution in [2.45, 2.75) is 18.3 Å². The summed E-state index contributed by atoms with van der Waals surface area (Å²) in [5, 5.41) is 3.05. The first-order valence-corrected chi connectivity index (χ1v) is 8.90. The summed E-state index contributed by atoms with van der Waals surface area (Å²) in [5.41, 5.74) is 3.51. The first kappa shape index (κ1) is 18.1. The highest BCUT2D eigenvalue weighted by molar-refractivity contribution is 5.91. The number of methoxy groups -OCH3 is 1. The average molecular weight is 350 g/mol. The first-order valence-electron chi connectivity index (χ1n) is 8.90. The number of anilines is 1. The number of nitrogens with zero attached hydrogens (tertiary/aromatic N) is 1. The number of carbonyl (C=O) groups excluding carboxylic acids is 1. The molecule has 1 saturated carbocycles. The molecule has 0 unspecified atom stereocenters. The van der Waals surface area contributed by atoms with E-state index in [0.29, 0.717) is 6.54 Å². The van der Waals surface area contributed by atoms with Crippen LogP contribution in [-0.4, -0.2) is 33.7 Å². The van der Waals surface area contributed by atoms with Crippen molar-refractivity contribution in [1.29, 1.82) is 0 Å². The Morgan fingerprint density at radius 2 is 1.77 bits per heavy atom. The number of carbonyl (C=O) groups is 1. The summed E-state index contributed by atoms with van der Waals surface area (Å²) in [5.74, 6) is 0.804. The number of benzene rings is 2. The lowest BCUT2D eigenvalue weighted by Crippen LogP contribution is -2.30. The van der Waals surface area contributed by atoms with Crippen LogP contribution in [0.1, 0.15) is 24.0 Å². The zero-order chi connectivity index (χ0) is 18.6. The lowest BCUT2D eigenvalue weighted by atomic mass is 9.96. The SMILES string of the molecule is COc1ccc(C2(CNC(=O)/C=C/c3ccc(N(C)C)cc3)CC2)cc1. The third-order valence-electron chi connectivity index (χ3n) is 4.99. The highest BCUT2D eigenvalue weighted by atomic mass is 16.5. The predicted molar refractivity (Wildman–Crippen MR) is 107 cm³/mol. The van der Waals surface area contributed by atoms with Gasteiger partial charge in [0.1, 0.15) is 5.75 Å². The molecule has 0 atom stereocenters. The summed E-state index contributed by atoms with van der Waals surface area (Å²) >= 11 is 0. The van der Waals surface area contributed by atoms with Gasteiger partial charge in [-0.15, -0.1) is 0 Å². The average Bonchev–Trinajstić information content (AvgIpc) is 3.46. The highest BCUT2D eigenvalue weighted by Crippen LogP contribution is 2.47. The largest absolute Gasteiger partial charge is 0.497 e. The Morgan fingerprint density at radius 1 is 1.12 bits per heavy atom. The molecule has 4 heteroatoms. The van der Waals surface area contributed by atoms with Gasteiger partial charge in [-0.25, -0.2) is 0 Å². The molecular formula is C22H26N2O2. The predicted octanol–water partition coefficient (Wildman–Crippen LogP) is 3.62. The molecule has 1 N–H and O–H groups in total. The number of nitrogens with one attached hydrogen (secondary N) is 1. The van der Waals surface area contributed by atoms with Crippen LogP contribution < -0.4 is 15.0 Å². The minimum Gasteiger partial charge on any atom is -0.497 e. The number of hydrogen-bond acceptors (Lipinski definition) is 3. The summed E-state index contributed by atoms with van der Waals surface area (Å²) < 4.78 is 5.21. The van der Waals surface area contributed by atoms with Crippen LogP contribution in [0.2, 0.25) is 0 Å². The summed E-state index contributed by atoms with van der Waals surface area (Å²) in [6, 6.07) is 16.3. The molecule has 4 nitrogen and oxygen atoms in total. The van der Waals surface area contributed by atoms with E-state index < -0.39 is 0 Å². The van der Waals surface area contributed by atoms with E-state index in [0.717, 1.165) is 29.8 Å². The maximum atomic E-state index is 12.2. The molecule has 0 bridgehead atoms. The minimum absolute atomic E-state index is 0.0542. The summed E-state index contributed by atoms with van der Waals surface area (Å²) in [7, 11) is 5.69. The molecule has 0 aromatic heterocycles.